The Labute approximate surface area is 447 Å². The topological polar surface area (TPSA) is 107 Å². The summed E-state index contributed by atoms with van der Waals surface area (Å²) in [5.41, 5.74) is 2.73. The minimum absolute atomic E-state index is 0.0652. The van der Waals surface area contributed by atoms with Crippen molar-refractivity contribution >= 4 is 70.9 Å². The van der Waals surface area contributed by atoms with Crippen molar-refractivity contribution in [1.82, 2.24) is 0 Å². The average Bonchev–Trinajstić information content (AvgIpc) is 3.38. The van der Waals surface area contributed by atoms with Gasteiger partial charge in [-0.15, -0.1) is 0 Å². The monoisotopic (exact) mass is 1050 g/mol. The van der Waals surface area contributed by atoms with E-state index in [0.717, 1.165) is 126 Å². The Morgan fingerprint density at radius 1 is 0.333 bits per heavy atom. The SMILES string of the molecule is O=C(C=Cc1ccc(Cl)cc1)OCCCCCCCCCCOCC(COCCCCCCCCCCOC(=O)C=Cc1ccc(Cl)cc1)OCCCCCCCCCCOC(=O)C=Cc1ccc(Cl)cc1. The van der Waals surface area contributed by atoms with Crippen LogP contribution in [0, 0.1) is 0 Å². The summed E-state index contributed by atoms with van der Waals surface area (Å²) in [7, 11) is 0. The number of carbonyl (C=O) groups is 3. The van der Waals surface area contributed by atoms with Gasteiger partial charge in [-0.1, -0.05) is 187 Å². The fourth-order valence-electron chi connectivity index (χ4n) is 7.70. The van der Waals surface area contributed by atoms with Crippen LogP contribution in [-0.4, -0.2) is 76.9 Å². The largest absolute Gasteiger partial charge is 0.463 e. The number of carbonyl (C=O) groups excluding carboxylic acids is 3. The molecule has 0 N–H and O–H groups in total. The van der Waals surface area contributed by atoms with Crippen molar-refractivity contribution in [1.29, 1.82) is 0 Å². The fraction of sp³-hybridized carbons (Fsp3) is 0.550. The normalized spacial score (nSPS) is 12.0. The molecule has 0 aliphatic rings. The highest BCUT2D eigenvalue weighted by Gasteiger charge is 2.11. The van der Waals surface area contributed by atoms with E-state index in [1.807, 2.05) is 36.4 Å². The molecule has 3 rings (SSSR count). The molecule has 0 heterocycles. The Bertz CT molecular complexity index is 1820. The van der Waals surface area contributed by atoms with Gasteiger partial charge >= 0.3 is 17.9 Å². The van der Waals surface area contributed by atoms with Crippen LogP contribution in [-0.2, 0) is 42.8 Å². The summed E-state index contributed by atoms with van der Waals surface area (Å²) in [4.78, 5) is 36.0. The molecule has 0 aliphatic carbocycles. The summed E-state index contributed by atoms with van der Waals surface area (Å²) in [5, 5.41) is 2.00. The molecule has 0 bridgehead atoms. The molecule has 0 fully saturated rings. The van der Waals surface area contributed by atoms with E-state index in [-0.39, 0.29) is 24.0 Å². The van der Waals surface area contributed by atoms with E-state index in [0.29, 0.717) is 54.7 Å². The van der Waals surface area contributed by atoms with Crippen molar-refractivity contribution in [3.63, 3.8) is 0 Å². The van der Waals surface area contributed by atoms with E-state index in [1.165, 1.54) is 76.0 Å². The summed E-state index contributed by atoms with van der Waals surface area (Å²) in [6, 6.07) is 21.9. The molecular formula is C60H83Cl3O9. The quantitative estimate of drug-likeness (QED) is 0.0237. The predicted octanol–water partition coefficient (Wildman–Crippen LogP) is 16.5. The van der Waals surface area contributed by atoms with Gasteiger partial charge < -0.3 is 28.4 Å². The maximum atomic E-state index is 12.0. The van der Waals surface area contributed by atoms with Gasteiger partial charge in [0.05, 0.1) is 33.0 Å². The van der Waals surface area contributed by atoms with Gasteiger partial charge in [0.25, 0.3) is 0 Å². The number of ether oxygens (including phenoxy) is 6. The van der Waals surface area contributed by atoms with Gasteiger partial charge in [-0.2, -0.15) is 0 Å². The van der Waals surface area contributed by atoms with Crippen LogP contribution in [0.2, 0.25) is 15.1 Å². The molecule has 398 valence electrons. The smallest absolute Gasteiger partial charge is 0.330 e. The van der Waals surface area contributed by atoms with Crippen LogP contribution in [0.5, 0.6) is 0 Å². The van der Waals surface area contributed by atoms with E-state index in [4.69, 9.17) is 63.2 Å². The lowest BCUT2D eigenvalue weighted by molar-refractivity contribution is -0.138. The van der Waals surface area contributed by atoms with Crippen LogP contribution in [0.25, 0.3) is 18.2 Å². The molecule has 9 nitrogen and oxygen atoms in total. The standard InChI is InChI=1S/C60H83Cl3O9/c61-54-34-25-51(26-35-54)31-40-58(64)70-46-22-16-10-3-1-7-13-19-43-67-49-57(69-45-21-15-9-5-6-12-18-24-48-72-60(66)42-33-53-29-38-56(63)39-30-53)50-68-44-20-14-8-2-4-11-17-23-47-71-59(65)41-32-52-27-36-55(62)37-28-52/h25-42,57H,1-24,43-50H2. The summed E-state index contributed by atoms with van der Waals surface area (Å²) in [5.74, 6) is -0.947. The molecule has 0 radical (unpaired) electrons. The maximum Gasteiger partial charge on any atom is 0.330 e. The van der Waals surface area contributed by atoms with Crippen molar-refractivity contribution in [3.8, 4) is 0 Å². The lowest BCUT2D eigenvalue weighted by atomic mass is 10.1. The van der Waals surface area contributed by atoms with Crippen molar-refractivity contribution in [2.24, 2.45) is 0 Å². The third-order valence-corrected chi connectivity index (χ3v) is 12.7. The van der Waals surface area contributed by atoms with E-state index in [2.05, 4.69) is 0 Å². The van der Waals surface area contributed by atoms with Crippen LogP contribution < -0.4 is 0 Å². The third kappa shape index (κ3) is 36.0. The number of hydrogen-bond donors (Lipinski definition) is 0. The molecule has 0 aromatic heterocycles. The number of esters is 3. The van der Waals surface area contributed by atoms with Gasteiger partial charge in [0, 0.05) is 53.1 Å². The van der Waals surface area contributed by atoms with Gasteiger partial charge in [-0.05, 0) is 110 Å². The van der Waals surface area contributed by atoms with E-state index in [9.17, 15) is 14.4 Å². The van der Waals surface area contributed by atoms with Gasteiger partial charge in [0.15, 0.2) is 0 Å². The maximum absolute atomic E-state index is 12.0. The highest BCUT2D eigenvalue weighted by molar-refractivity contribution is 6.31. The Balaban J connectivity index is 1.17. The number of rotatable bonds is 44. The molecule has 3 aromatic carbocycles. The first-order valence-corrected chi connectivity index (χ1v) is 28.0. The fourth-order valence-corrected chi connectivity index (χ4v) is 8.08. The van der Waals surface area contributed by atoms with Gasteiger partial charge in [0.2, 0.25) is 0 Å². The molecule has 0 saturated heterocycles. The van der Waals surface area contributed by atoms with Gasteiger partial charge in [0.1, 0.15) is 6.10 Å². The van der Waals surface area contributed by atoms with Crippen LogP contribution in [0.4, 0.5) is 0 Å². The molecule has 72 heavy (non-hydrogen) atoms. The van der Waals surface area contributed by atoms with Crippen LogP contribution in [0.15, 0.2) is 91.0 Å². The lowest BCUT2D eigenvalue weighted by Gasteiger charge is -2.18. The average molecular weight is 1050 g/mol. The zero-order valence-electron chi connectivity index (χ0n) is 42.9. The summed E-state index contributed by atoms with van der Waals surface area (Å²) in [6.07, 6.45) is 36.1. The molecule has 0 atom stereocenters. The Kier molecular flexibility index (Phi) is 37.6. The Morgan fingerprint density at radius 2 is 0.569 bits per heavy atom. The summed E-state index contributed by atoms with van der Waals surface area (Å²) in [6.45, 7) is 4.62. The Hall–Kier alpha value is -3.96. The van der Waals surface area contributed by atoms with Crippen molar-refractivity contribution in [2.45, 2.75) is 160 Å². The minimum Gasteiger partial charge on any atom is -0.463 e. The van der Waals surface area contributed by atoms with Crippen LogP contribution in [0.3, 0.4) is 0 Å². The van der Waals surface area contributed by atoms with Crippen molar-refractivity contribution < 1.29 is 42.8 Å². The summed E-state index contributed by atoms with van der Waals surface area (Å²) < 4.78 is 34.5. The Morgan fingerprint density at radius 3 is 0.847 bits per heavy atom. The van der Waals surface area contributed by atoms with Crippen molar-refractivity contribution in [2.75, 3.05) is 52.9 Å². The number of halogens is 3. The predicted molar refractivity (Wildman–Crippen MR) is 297 cm³/mol. The molecule has 3 aromatic rings. The number of unbranched alkanes of at least 4 members (excludes halogenated alkanes) is 21. The highest BCUT2D eigenvalue weighted by atomic mass is 35.5. The number of hydrogen-bond acceptors (Lipinski definition) is 9. The first kappa shape index (κ1) is 62.3. The molecule has 0 amide bonds. The molecule has 0 aliphatic heterocycles. The number of benzene rings is 3. The van der Waals surface area contributed by atoms with Crippen LogP contribution >= 0.6 is 34.8 Å². The lowest BCUT2D eigenvalue weighted by Crippen LogP contribution is -2.26. The molecular weight excluding hydrogens is 971 g/mol. The zero-order chi connectivity index (χ0) is 51.4. The molecule has 12 heteroatoms. The van der Waals surface area contributed by atoms with E-state index >= 15 is 0 Å². The molecule has 0 saturated carbocycles. The van der Waals surface area contributed by atoms with Gasteiger partial charge in [-0.25, -0.2) is 14.4 Å². The first-order valence-electron chi connectivity index (χ1n) is 26.8. The van der Waals surface area contributed by atoms with E-state index < -0.39 is 0 Å². The third-order valence-electron chi connectivity index (χ3n) is 11.9. The van der Waals surface area contributed by atoms with Gasteiger partial charge in [-0.3, -0.25) is 0 Å². The molecule has 0 unspecified atom stereocenters. The van der Waals surface area contributed by atoms with E-state index in [1.54, 1.807) is 54.6 Å². The zero-order valence-corrected chi connectivity index (χ0v) is 45.2. The second-order valence-electron chi connectivity index (χ2n) is 18.3. The summed E-state index contributed by atoms with van der Waals surface area (Å²) >= 11 is 17.7. The highest BCUT2D eigenvalue weighted by Crippen LogP contribution is 2.16. The second-order valence-corrected chi connectivity index (χ2v) is 19.6. The molecule has 0 spiro atoms. The first-order chi connectivity index (χ1) is 35.3. The second kappa shape index (κ2) is 43.4. The van der Waals surface area contributed by atoms with Crippen molar-refractivity contribution in [3.05, 3.63) is 123 Å². The minimum atomic E-state index is -0.316. The van der Waals surface area contributed by atoms with Crippen LogP contribution in [0.1, 0.15) is 171 Å².